The van der Waals surface area contributed by atoms with E-state index in [4.69, 9.17) is 11.6 Å². The fraction of sp³-hybridized carbons (Fsp3) is 0.174. The summed E-state index contributed by atoms with van der Waals surface area (Å²) in [4.78, 5) is 14.6. The highest BCUT2D eigenvalue weighted by atomic mass is 35.5. The van der Waals surface area contributed by atoms with Gasteiger partial charge in [0.1, 0.15) is 0 Å². The van der Waals surface area contributed by atoms with E-state index in [1.54, 1.807) is 36.2 Å². The van der Waals surface area contributed by atoms with Crippen molar-refractivity contribution < 1.29 is 13.2 Å². The van der Waals surface area contributed by atoms with Crippen molar-refractivity contribution in [2.45, 2.75) is 18.4 Å². The summed E-state index contributed by atoms with van der Waals surface area (Å²) < 4.78 is 27.0. The van der Waals surface area contributed by atoms with E-state index in [0.717, 1.165) is 15.4 Å². The number of anilines is 1. The molecule has 0 saturated heterocycles. The molecule has 0 aliphatic rings. The number of hydrogen-bond acceptors (Lipinski definition) is 3. The highest BCUT2D eigenvalue weighted by Gasteiger charge is 2.22. The van der Waals surface area contributed by atoms with Crippen molar-refractivity contribution in [3.8, 4) is 0 Å². The van der Waals surface area contributed by atoms with Crippen LogP contribution in [-0.4, -0.2) is 33.3 Å². The molecule has 0 fully saturated rings. The van der Waals surface area contributed by atoms with E-state index in [-0.39, 0.29) is 10.8 Å². The van der Waals surface area contributed by atoms with Crippen molar-refractivity contribution in [2.24, 2.45) is 0 Å². The van der Waals surface area contributed by atoms with Crippen molar-refractivity contribution in [3.63, 3.8) is 0 Å². The predicted octanol–water partition coefficient (Wildman–Crippen LogP) is 4.75. The van der Waals surface area contributed by atoms with E-state index in [1.165, 1.54) is 31.3 Å². The van der Waals surface area contributed by atoms with Crippen LogP contribution in [0.15, 0.2) is 77.7 Å². The van der Waals surface area contributed by atoms with E-state index in [1.807, 2.05) is 31.2 Å². The van der Waals surface area contributed by atoms with E-state index in [9.17, 15) is 13.2 Å². The van der Waals surface area contributed by atoms with Gasteiger partial charge in [0.2, 0.25) is 0 Å². The summed E-state index contributed by atoms with van der Waals surface area (Å²) in [5, 5.41) is 0.459. The molecule has 1 amide bonds. The number of amides is 1. The molecule has 0 aromatic heterocycles. The van der Waals surface area contributed by atoms with E-state index in [2.05, 4.69) is 0 Å². The normalized spacial score (nSPS) is 11.2. The van der Waals surface area contributed by atoms with E-state index in [0.29, 0.717) is 22.8 Å². The fourth-order valence-electron chi connectivity index (χ4n) is 3.00. The molecule has 0 heterocycles. The van der Waals surface area contributed by atoms with Crippen LogP contribution < -0.4 is 4.31 Å². The average Bonchev–Trinajstić information content (AvgIpc) is 2.74. The molecule has 0 spiro atoms. The second-order valence-electron chi connectivity index (χ2n) is 7.12. The summed E-state index contributed by atoms with van der Waals surface area (Å²) in [7, 11) is -0.587. The standard InChI is InChI=1S/C23H23ClN2O3S/c1-17-7-9-18(10-8-17)16-25(2)23(27)19-5-4-6-21(15-19)26(3)30(28,29)22-13-11-20(24)12-14-22/h4-15H,16H2,1-3H3. The Morgan fingerprint density at radius 1 is 0.933 bits per heavy atom. The quantitative estimate of drug-likeness (QED) is 0.553. The van der Waals surface area contributed by atoms with Crippen LogP contribution in [0.4, 0.5) is 5.69 Å². The van der Waals surface area contributed by atoms with Gasteiger partial charge in [-0.25, -0.2) is 8.42 Å². The second kappa shape index (κ2) is 8.90. The Kier molecular flexibility index (Phi) is 6.48. The summed E-state index contributed by atoms with van der Waals surface area (Å²) in [5.41, 5.74) is 3.00. The maximum absolute atomic E-state index is 12.9. The van der Waals surface area contributed by atoms with Crippen LogP contribution in [0.2, 0.25) is 5.02 Å². The maximum atomic E-state index is 12.9. The molecule has 3 aromatic rings. The molecule has 0 N–H and O–H groups in total. The lowest BCUT2D eigenvalue weighted by Crippen LogP contribution is -2.28. The second-order valence-corrected chi connectivity index (χ2v) is 9.53. The minimum Gasteiger partial charge on any atom is -0.337 e. The van der Waals surface area contributed by atoms with Crippen molar-refractivity contribution in [1.29, 1.82) is 0 Å². The molecule has 0 bridgehead atoms. The van der Waals surface area contributed by atoms with Gasteiger partial charge in [-0.1, -0.05) is 47.5 Å². The molecule has 0 aliphatic carbocycles. The highest BCUT2D eigenvalue weighted by molar-refractivity contribution is 7.92. The lowest BCUT2D eigenvalue weighted by molar-refractivity contribution is 0.0785. The third-order valence-electron chi connectivity index (χ3n) is 4.82. The summed E-state index contributed by atoms with van der Waals surface area (Å²) >= 11 is 5.86. The number of benzene rings is 3. The van der Waals surface area contributed by atoms with Crippen LogP contribution in [0, 0.1) is 6.92 Å². The van der Waals surface area contributed by atoms with Gasteiger partial charge in [0, 0.05) is 31.2 Å². The van der Waals surface area contributed by atoms with Gasteiger partial charge in [-0.3, -0.25) is 9.10 Å². The highest BCUT2D eigenvalue weighted by Crippen LogP contribution is 2.24. The minimum absolute atomic E-state index is 0.127. The first kappa shape index (κ1) is 21.9. The van der Waals surface area contributed by atoms with Crippen molar-refractivity contribution in [1.82, 2.24) is 4.90 Å². The number of halogens is 1. The molecule has 3 aromatic carbocycles. The van der Waals surface area contributed by atoms with Gasteiger partial charge in [-0.05, 0) is 55.0 Å². The third-order valence-corrected chi connectivity index (χ3v) is 6.87. The average molecular weight is 443 g/mol. The van der Waals surface area contributed by atoms with Gasteiger partial charge in [0.25, 0.3) is 15.9 Å². The third kappa shape index (κ3) is 4.83. The van der Waals surface area contributed by atoms with Gasteiger partial charge in [0.15, 0.2) is 0 Å². The van der Waals surface area contributed by atoms with Gasteiger partial charge < -0.3 is 4.90 Å². The fourth-order valence-corrected chi connectivity index (χ4v) is 4.31. The first-order valence-electron chi connectivity index (χ1n) is 9.34. The van der Waals surface area contributed by atoms with E-state index >= 15 is 0 Å². The lowest BCUT2D eigenvalue weighted by atomic mass is 10.1. The van der Waals surface area contributed by atoms with Gasteiger partial charge in [-0.15, -0.1) is 0 Å². The topological polar surface area (TPSA) is 57.7 Å². The molecular formula is C23H23ClN2O3S. The zero-order valence-corrected chi connectivity index (χ0v) is 18.6. The van der Waals surface area contributed by atoms with Gasteiger partial charge in [-0.2, -0.15) is 0 Å². The Morgan fingerprint density at radius 2 is 1.57 bits per heavy atom. The molecule has 7 heteroatoms. The van der Waals surface area contributed by atoms with Crippen LogP contribution in [0.3, 0.4) is 0 Å². The Labute approximate surface area is 182 Å². The van der Waals surface area contributed by atoms with E-state index < -0.39 is 10.0 Å². The largest absolute Gasteiger partial charge is 0.337 e. The van der Waals surface area contributed by atoms with Gasteiger partial charge in [0.05, 0.1) is 10.6 Å². The maximum Gasteiger partial charge on any atom is 0.264 e. The number of rotatable bonds is 6. The summed E-state index contributed by atoms with van der Waals surface area (Å²) in [5.74, 6) is -0.185. The smallest absolute Gasteiger partial charge is 0.264 e. The molecule has 0 radical (unpaired) electrons. The van der Waals surface area contributed by atoms with Crippen molar-refractivity contribution >= 4 is 33.2 Å². The Hall–Kier alpha value is -2.83. The monoisotopic (exact) mass is 442 g/mol. The van der Waals surface area contributed by atoms with Crippen LogP contribution >= 0.6 is 11.6 Å². The number of carbonyl (C=O) groups is 1. The molecular weight excluding hydrogens is 420 g/mol. The molecule has 0 aliphatic heterocycles. The summed E-state index contributed by atoms with van der Waals surface area (Å²) in [6.45, 7) is 2.47. The number of aryl methyl sites for hydroxylation is 1. The number of carbonyl (C=O) groups excluding carboxylic acids is 1. The zero-order valence-electron chi connectivity index (χ0n) is 17.0. The van der Waals surface area contributed by atoms with Crippen LogP contribution in [-0.2, 0) is 16.6 Å². The molecule has 30 heavy (non-hydrogen) atoms. The molecule has 0 atom stereocenters. The Balaban J connectivity index is 1.81. The first-order chi connectivity index (χ1) is 14.2. The molecule has 0 saturated carbocycles. The zero-order chi connectivity index (χ0) is 21.9. The minimum atomic E-state index is -3.77. The Morgan fingerprint density at radius 3 is 2.20 bits per heavy atom. The van der Waals surface area contributed by atoms with Gasteiger partial charge >= 0.3 is 0 Å². The van der Waals surface area contributed by atoms with Crippen molar-refractivity contribution in [3.05, 3.63) is 94.5 Å². The number of sulfonamides is 1. The number of hydrogen-bond donors (Lipinski definition) is 0. The van der Waals surface area contributed by atoms with Crippen LogP contribution in [0.25, 0.3) is 0 Å². The molecule has 3 rings (SSSR count). The SMILES string of the molecule is Cc1ccc(CN(C)C(=O)c2cccc(N(C)S(=O)(=O)c3ccc(Cl)cc3)c2)cc1. The van der Waals surface area contributed by atoms with Crippen LogP contribution in [0.1, 0.15) is 21.5 Å². The summed E-state index contributed by atoms with van der Waals surface area (Å²) in [6, 6.07) is 20.6. The van der Waals surface area contributed by atoms with Crippen LogP contribution in [0.5, 0.6) is 0 Å². The Bertz CT molecular complexity index is 1140. The molecule has 5 nitrogen and oxygen atoms in total. The molecule has 156 valence electrons. The number of nitrogens with zero attached hydrogens (tertiary/aromatic N) is 2. The first-order valence-corrected chi connectivity index (χ1v) is 11.2. The predicted molar refractivity (Wildman–Crippen MR) is 120 cm³/mol. The van der Waals surface area contributed by atoms with Crippen molar-refractivity contribution in [2.75, 3.05) is 18.4 Å². The summed E-state index contributed by atoms with van der Waals surface area (Å²) in [6.07, 6.45) is 0. The lowest BCUT2D eigenvalue weighted by Gasteiger charge is -2.21. The molecule has 0 unspecified atom stereocenters.